The van der Waals surface area contributed by atoms with Crippen molar-refractivity contribution in [1.29, 1.82) is 0 Å². The smallest absolute Gasteiger partial charge is 0.414 e. The van der Waals surface area contributed by atoms with Gasteiger partial charge in [0.15, 0.2) is 0 Å². The Bertz CT molecular complexity index is 1190. The van der Waals surface area contributed by atoms with Gasteiger partial charge in [0.25, 0.3) is 0 Å². The first-order valence-electron chi connectivity index (χ1n) is 12.2. The van der Waals surface area contributed by atoms with Crippen molar-refractivity contribution in [3.05, 3.63) is 60.2 Å². The largest absolute Gasteiger partial charge is 0.473 e. The number of benzene rings is 2. The molecule has 0 aliphatic carbocycles. The lowest BCUT2D eigenvalue weighted by Gasteiger charge is -2.39. The summed E-state index contributed by atoms with van der Waals surface area (Å²) in [5.41, 5.74) is 3.09. The molecule has 5 rings (SSSR count). The molecule has 2 aliphatic heterocycles. The summed E-state index contributed by atoms with van der Waals surface area (Å²) in [5.74, 6) is -2.47. The maximum absolute atomic E-state index is 13.1. The van der Waals surface area contributed by atoms with Crippen LogP contribution in [0.15, 0.2) is 48.5 Å². The zero-order chi connectivity index (χ0) is 26.4. The number of piperazine rings is 1. The molecule has 196 valence electrons. The number of carboxylic acids is 2. The van der Waals surface area contributed by atoms with Gasteiger partial charge in [0.2, 0.25) is 5.91 Å². The number of para-hydroxylation sites is 2. The van der Waals surface area contributed by atoms with Crippen molar-refractivity contribution < 1.29 is 29.0 Å². The van der Waals surface area contributed by atoms with Crippen LogP contribution in [0.5, 0.6) is 0 Å². The Morgan fingerprint density at radius 2 is 1.51 bits per heavy atom. The highest BCUT2D eigenvalue weighted by molar-refractivity contribution is 6.27. The van der Waals surface area contributed by atoms with Gasteiger partial charge in [-0.3, -0.25) is 9.69 Å². The van der Waals surface area contributed by atoms with E-state index in [4.69, 9.17) is 19.8 Å². The summed E-state index contributed by atoms with van der Waals surface area (Å²) in [6.07, 6.45) is 1.80. The average molecular weight is 512 g/mol. The Morgan fingerprint density at radius 1 is 0.892 bits per heavy atom. The van der Waals surface area contributed by atoms with Crippen LogP contribution in [0.2, 0.25) is 0 Å². The quantitative estimate of drug-likeness (QED) is 0.456. The number of nitrogens with zero attached hydrogens (tertiary/aromatic N) is 4. The van der Waals surface area contributed by atoms with E-state index in [1.807, 2.05) is 41.3 Å². The summed E-state index contributed by atoms with van der Waals surface area (Å²) in [5, 5.41) is 14.8. The molecule has 10 nitrogen and oxygen atoms in total. The number of carboxylic acid groups (broad SMARTS) is 2. The van der Waals surface area contributed by atoms with Crippen molar-refractivity contribution in [2.75, 3.05) is 44.2 Å². The van der Waals surface area contributed by atoms with E-state index in [2.05, 4.69) is 19.8 Å². The Balaban J connectivity index is 0.000000480. The number of H-pyrrole nitrogens is 1. The monoisotopic (exact) mass is 511 g/mol. The maximum Gasteiger partial charge on any atom is 0.414 e. The van der Waals surface area contributed by atoms with Gasteiger partial charge in [0.1, 0.15) is 11.6 Å². The van der Waals surface area contributed by atoms with Gasteiger partial charge < -0.3 is 25.0 Å². The summed E-state index contributed by atoms with van der Waals surface area (Å²) in [6.45, 7) is 5.69. The fourth-order valence-electron chi connectivity index (χ4n) is 4.73. The second-order valence-electron chi connectivity index (χ2n) is 9.15. The lowest BCUT2D eigenvalue weighted by Crippen LogP contribution is -2.51. The molecule has 2 saturated heterocycles. The predicted molar refractivity (Wildman–Crippen MR) is 135 cm³/mol. The zero-order valence-corrected chi connectivity index (χ0v) is 20.3. The number of aliphatic carboxylic acids is 2. The third-order valence-corrected chi connectivity index (χ3v) is 6.71. The third kappa shape index (κ3) is 6.82. The highest BCUT2D eigenvalue weighted by atomic mass is 19.1. The number of hydrogen-bond acceptors (Lipinski definition) is 6. The van der Waals surface area contributed by atoms with E-state index >= 15 is 0 Å². The minimum atomic E-state index is -1.82. The second-order valence-corrected chi connectivity index (χ2v) is 9.15. The summed E-state index contributed by atoms with van der Waals surface area (Å²) in [7, 11) is 0. The number of hydrogen-bond donors (Lipinski definition) is 3. The van der Waals surface area contributed by atoms with Crippen LogP contribution in [0.4, 0.5) is 10.1 Å². The van der Waals surface area contributed by atoms with Gasteiger partial charge in [0, 0.05) is 37.8 Å². The van der Waals surface area contributed by atoms with Crippen LogP contribution in [-0.2, 0) is 20.9 Å². The Morgan fingerprint density at radius 3 is 2.11 bits per heavy atom. The number of halogens is 1. The molecular weight excluding hydrogens is 481 g/mol. The number of imidazole rings is 1. The van der Waals surface area contributed by atoms with Crippen molar-refractivity contribution >= 4 is 34.6 Å². The molecule has 0 saturated carbocycles. The molecule has 1 amide bonds. The summed E-state index contributed by atoms with van der Waals surface area (Å²) >= 11 is 0. The van der Waals surface area contributed by atoms with E-state index in [1.54, 1.807) is 0 Å². The second kappa shape index (κ2) is 11.8. The minimum Gasteiger partial charge on any atom is -0.473 e. The molecule has 2 aromatic carbocycles. The van der Waals surface area contributed by atoms with Gasteiger partial charge in [-0.1, -0.05) is 12.1 Å². The average Bonchev–Trinajstić information content (AvgIpc) is 3.32. The van der Waals surface area contributed by atoms with Crippen molar-refractivity contribution in [3.63, 3.8) is 0 Å². The Hall–Kier alpha value is -3.99. The SMILES string of the molecule is O=C(C1CCN(Cc2nc3ccccc3[nH]2)CC1)N1CCN(c2ccc(F)cc2)CC1.O=C(O)C(=O)O. The number of nitrogens with one attached hydrogen (secondary N) is 1. The molecule has 2 fully saturated rings. The van der Waals surface area contributed by atoms with Crippen molar-refractivity contribution in [1.82, 2.24) is 19.8 Å². The lowest BCUT2D eigenvalue weighted by atomic mass is 9.95. The Labute approximate surface area is 213 Å². The van der Waals surface area contributed by atoms with Crippen LogP contribution in [-0.4, -0.2) is 87.1 Å². The summed E-state index contributed by atoms with van der Waals surface area (Å²) < 4.78 is 13.1. The molecule has 0 atom stereocenters. The van der Waals surface area contributed by atoms with Crippen LogP contribution < -0.4 is 4.90 Å². The van der Waals surface area contributed by atoms with Crippen LogP contribution in [0.1, 0.15) is 18.7 Å². The number of fused-ring (bicyclic) bond motifs is 1. The van der Waals surface area contributed by atoms with Crippen LogP contribution >= 0.6 is 0 Å². The van der Waals surface area contributed by atoms with Gasteiger partial charge in [-0.05, 0) is 62.3 Å². The first-order chi connectivity index (χ1) is 17.8. The number of aromatic nitrogens is 2. The molecule has 3 aromatic rings. The standard InChI is InChI=1S/C24H28FN5O.C2H2O4/c25-19-5-7-20(8-6-19)29-13-15-30(16-14-29)24(31)18-9-11-28(12-10-18)17-23-26-21-3-1-2-4-22(21)27-23;3-1(4)2(5)6/h1-8,18H,9-17H2,(H,26,27);(H,3,4)(H,5,6). The summed E-state index contributed by atoms with van der Waals surface area (Å²) in [4.78, 5) is 45.9. The zero-order valence-electron chi connectivity index (χ0n) is 20.3. The molecule has 0 radical (unpaired) electrons. The van der Waals surface area contributed by atoms with E-state index < -0.39 is 11.9 Å². The van der Waals surface area contributed by atoms with E-state index in [-0.39, 0.29) is 11.7 Å². The van der Waals surface area contributed by atoms with Gasteiger partial charge in [-0.2, -0.15) is 0 Å². The number of rotatable bonds is 4. The fourth-order valence-corrected chi connectivity index (χ4v) is 4.73. The van der Waals surface area contributed by atoms with E-state index in [1.165, 1.54) is 12.1 Å². The highest BCUT2D eigenvalue weighted by Gasteiger charge is 2.30. The minimum absolute atomic E-state index is 0.115. The van der Waals surface area contributed by atoms with Crippen molar-refractivity contribution in [3.8, 4) is 0 Å². The summed E-state index contributed by atoms with van der Waals surface area (Å²) in [6, 6.07) is 14.7. The molecule has 3 N–H and O–H groups in total. The maximum atomic E-state index is 13.1. The van der Waals surface area contributed by atoms with Crippen LogP contribution in [0.25, 0.3) is 11.0 Å². The number of likely N-dealkylation sites (tertiary alicyclic amines) is 1. The number of carbonyl (C=O) groups excluding carboxylic acids is 1. The van der Waals surface area contributed by atoms with Crippen molar-refractivity contribution in [2.45, 2.75) is 19.4 Å². The number of piperidine rings is 1. The number of carbonyl (C=O) groups is 3. The molecular formula is C26H30FN5O5. The van der Waals surface area contributed by atoms with Gasteiger partial charge in [-0.25, -0.2) is 19.0 Å². The first-order valence-corrected chi connectivity index (χ1v) is 12.2. The van der Waals surface area contributed by atoms with Gasteiger partial charge >= 0.3 is 11.9 Å². The topological polar surface area (TPSA) is 130 Å². The third-order valence-electron chi connectivity index (χ3n) is 6.71. The molecule has 3 heterocycles. The predicted octanol–water partition coefficient (Wildman–Crippen LogP) is 2.42. The van der Waals surface area contributed by atoms with Crippen LogP contribution in [0.3, 0.4) is 0 Å². The molecule has 11 heteroatoms. The van der Waals surface area contributed by atoms with E-state index in [0.717, 1.165) is 81.2 Å². The van der Waals surface area contributed by atoms with E-state index in [9.17, 15) is 9.18 Å². The van der Waals surface area contributed by atoms with Crippen LogP contribution in [0, 0.1) is 11.7 Å². The number of aromatic amines is 1. The normalized spacial score (nSPS) is 16.8. The molecule has 2 aliphatic rings. The molecule has 1 aromatic heterocycles. The van der Waals surface area contributed by atoms with Gasteiger partial charge in [0.05, 0.1) is 17.6 Å². The Kier molecular flexibility index (Phi) is 8.34. The molecule has 0 unspecified atom stereocenters. The number of anilines is 1. The highest BCUT2D eigenvalue weighted by Crippen LogP contribution is 2.23. The van der Waals surface area contributed by atoms with Gasteiger partial charge in [-0.15, -0.1) is 0 Å². The van der Waals surface area contributed by atoms with E-state index in [0.29, 0.717) is 5.91 Å². The molecule has 0 spiro atoms. The lowest BCUT2D eigenvalue weighted by molar-refractivity contribution is -0.159. The molecule has 0 bridgehead atoms. The first kappa shape index (κ1) is 26.1. The molecule has 37 heavy (non-hydrogen) atoms. The number of amides is 1. The fraction of sp³-hybridized carbons (Fsp3) is 0.385. The van der Waals surface area contributed by atoms with Crippen molar-refractivity contribution in [2.24, 2.45) is 5.92 Å².